The number of hydrogen-bond donors (Lipinski definition) is 4. The van der Waals surface area contributed by atoms with Crippen LogP contribution in [0, 0.1) is 0 Å². The van der Waals surface area contributed by atoms with Crippen LogP contribution < -0.4 is 5.73 Å². The molecule has 0 aliphatic carbocycles. The third kappa shape index (κ3) is 1.89. The van der Waals surface area contributed by atoms with Crippen LogP contribution in [0.15, 0.2) is 23.6 Å². The molecule has 11 nitrogen and oxygen atoms in total. The maximum atomic E-state index is 10.8. The number of aromatic nitrogens is 3. The molecule has 5 N–H and O–H groups in total. The van der Waals surface area contributed by atoms with Crippen LogP contribution in [-0.4, -0.2) is 54.3 Å². The van der Waals surface area contributed by atoms with Crippen molar-refractivity contribution in [3.63, 3.8) is 0 Å². The number of hydrogen-bond acceptors (Lipinski definition) is 8. The Bertz CT molecular complexity index is 800. The maximum Gasteiger partial charge on any atom is 0.220 e. The van der Waals surface area contributed by atoms with E-state index >= 15 is 0 Å². The van der Waals surface area contributed by atoms with Crippen molar-refractivity contribution >= 4 is 11.3 Å². The summed E-state index contributed by atoms with van der Waals surface area (Å²) in [7, 11) is 0. The highest BCUT2D eigenvalue weighted by atomic mass is 16.6. The lowest BCUT2D eigenvalue weighted by Crippen LogP contribution is -2.51. The number of nitrogen functional groups attached to an aromatic ring is 1. The molecule has 3 heterocycles. The summed E-state index contributed by atoms with van der Waals surface area (Å²) in [6.45, 7) is 0.687. The predicted octanol–water partition coefficient (Wildman–Crippen LogP) is -0.722. The summed E-state index contributed by atoms with van der Waals surface area (Å²) in [4.78, 5) is 6.58. The van der Waals surface area contributed by atoms with Crippen LogP contribution in [0.25, 0.3) is 16.0 Å². The van der Waals surface area contributed by atoms with Crippen LogP contribution in [0.3, 0.4) is 0 Å². The molecule has 4 atom stereocenters. The number of fused-ring (bicyclic) bond motifs is 1. The Balaban J connectivity index is 2.30. The van der Waals surface area contributed by atoms with E-state index in [1.54, 1.807) is 6.07 Å². The number of nitrogens with two attached hydrogens (primary N) is 1. The minimum absolute atomic E-state index is 0.152. The smallest absolute Gasteiger partial charge is 0.220 e. The summed E-state index contributed by atoms with van der Waals surface area (Å²) in [5, 5.41) is 37.9. The molecule has 3 rings (SSSR count). The molecule has 1 aliphatic rings. The zero-order valence-electron chi connectivity index (χ0n) is 12.1. The van der Waals surface area contributed by atoms with Gasteiger partial charge in [-0.15, -0.1) is 0 Å². The van der Waals surface area contributed by atoms with Crippen molar-refractivity contribution in [2.24, 2.45) is 5.11 Å². The van der Waals surface area contributed by atoms with E-state index < -0.39 is 30.1 Å². The fraction of sp³-hybridized carbons (Fsp3) is 0.500. The second-order valence-electron chi connectivity index (χ2n) is 5.43. The molecular formula is C12H15N7O4. The van der Waals surface area contributed by atoms with E-state index in [9.17, 15) is 15.3 Å². The quantitative estimate of drug-likeness (QED) is 0.327. The first-order chi connectivity index (χ1) is 10.9. The van der Waals surface area contributed by atoms with Crippen LogP contribution >= 0.6 is 0 Å². The Morgan fingerprint density at radius 1 is 1.57 bits per heavy atom. The molecule has 1 fully saturated rings. The zero-order chi connectivity index (χ0) is 16.8. The van der Waals surface area contributed by atoms with Gasteiger partial charge >= 0.3 is 0 Å². The third-order valence-corrected chi connectivity index (χ3v) is 4.13. The fourth-order valence-corrected chi connectivity index (χ4v) is 2.87. The van der Waals surface area contributed by atoms with Crippen molar-refractivity contribution in [2.75, 3.05) is 12.3 Å². The number of ether oxygens (including phenoxy) is 1. The molecule has 1 saturated heterocycles. The van der Waals surface area contributed by atoms with Crippen LogP contribution in [-0.2, 0) is 10.5 Å². The summed E-state index contributed by atoms with van der Waals surface area (Å²) < 4.78 is 6.87. The van der Waals surface area contributed by atoms with Crippen LogP contribution in [0.1, 0.15) is 12.6 Å². The average Bonchev–Trinajstić information content (AvgIpc) is 3.03. The SMILES string of the molecule is C[C@@]1(O)[C@H](O)[C@@H](CO)O[C@@]1(N=[N+]=[N-])c1ccc2c(N)ncnn12. The van der Waals surface area contributed by atoms with Crippen LogP contribution in [0.4, 0.5) is 5.82 Å². The monoisotopic (exact) mass is 321 g/mol. The van der Waals surface area contributed by atoms with Gasteiger partial charge in [0.15, 0.2) is 5.82 Å². The number of rotatable bonds is 3. The Hall–Kier alpha value is -2.43. The first kappa shape index (κ1) is 15.5. The normalized spacial score (nSPS) is 33.7. The number of aliphatic hydroxyl groups excluding tert-OH is 2. The molecule has 0 aromatic carbocycles. The van der Waals surface area contributed by atoms with Crippen LogP contribution in [0.5, 0.6) is 0 Å². The summed E-state index contributed by atoms with van der Waals surface area (Å²) in [6.07, 6.45) is -1.43. The highest BCUT2D eigenvalue weighted by molar-refractivity contribution is 5.65. The van der Waals surface area contributed by atoms with Gasteiger partial charge in [-0.2, -0.15) is 5.10 Å². The van der Waals surface area contributed by atoms with Crippen molar-refractivity contribution in [3.05, 3.63) is 34.6 Å². The number of azide groups is 1. The van der Waals surface area contributed by atoms with E-state index in [-0.39, 0.29) is 11.5 Å². The van der Waals surface area contributed by atoms with Crippen molar-refractivity contribution in [1.29, 1.82) is 0 Å². The van der Waals surface area contributed by atoms with Gasteiger partial charge in [0.1, 0.15) is 29.7 Å². The first-order valence-corrected chi connectivity index (χ1v) is 6.73. The number of nitrogens with zero attached hydrogens (tertiary/aromatic N) is 6. The van der Waals surface area contributed by atoms with Gasteiger partial charge in [0.05, 0.1) is 12.3 Å². The Kier molecular flexibility index (Phi) is 3.39. The fourth-order valence-electron chi connectivity index (χ4n) is 2.87. The largest absolute Gasteiger partial charge is 0.394 e. The Morgan fingerprint density at radius 3 is 2.91 bits per heavy atom. The lowest BCUT2D eigenvalue weighted by atomic mass is 9.86. The van der Waals surface area contributed by atoms with Crippen LogP contribution in [0.2, 0.25) is 0 Å². The Morgan fingerprint density at radius 2 is 2.30 bits per heavy atom. The molecule has 23 heavy (non-hydrogen) atoms. The van der Waals surface area contributed by atoms with E-state index in [1.165, 1.54) is 23.8 Å². The molecule has 0 unspecified atom stereocenters. The molecule has 0 radical (unpaired) electrons. The zero-order valence-corrected chi connectivity index (χ0v) is 12.1. The first-order valence-electron chi connectivity index (χ1n) is 6.73. The molecule has 1 aliphatic heterocycles. The van der Waals surface area contributed by atoms with Crippen molar-refractivity contribution in [2.45, 2.75) is 30.5 Å². The second kappa shape index (κ2) is 5.05. The molecule has 122 valence electrons. The maximum absolute atomic E-state index is 10.8. The van der Waals surface area contributed by atoms with E-state index in [1.807, 2.05) is 0 Å². The van der Waals surface area contributed by atoms with E-state index in [2.05, 4.69) is 20.1 Å². The molecule has 0 saturated carbocycles. The van der Waals surface area contributed by atoms with Gasteiger partial charge in [0.2, 0.25) is 5.72 Å². The Labute approximate surface area is 129 Å². The number of anilines is 1. The summed E-state index contributed by atoms with van der Waals surface area (Å²) in [6, 6.07) is 3.06. The summed E-state index contributed by atoms with van der Waals surface area (Å²) >= 11 is 0. The van der Waals surface area contributed by atoms with Crippen molar-refractivity contribution in [3.8, 4) is 0 Å². The minimum atomic E-state index is -2.01. The lowest BCUT2D eigenvalue weighted by Gasteiger charge is -2.34. The van der Waals surface area contributed by atoms with Gasteiger partial charge < -0.3 is 25.8 Å². The molecule has 2 aromatic rings. The van der Waals surface area contributed by atoms with Crippen molar-refractivity contribution in [1.82, 2.24) is 14.6 Å². The van der Waals surface area contributed by atoms with Gasteiger partial charge in [-0.1, -0.05) is 0 Å². The van der Waals surface area contributed by atoms with Gasteiger partial charge in [0.25, 0.3) is 0 Å². The molecular weight excluding hydrogens is 306 g/mol. The molecule has 11 heteroatoms. The standard InChI is InChI=1S/C12H15N7O4/c1-11(22)9(21)7(4-20)23-12(11,17-18-14)8-3-2-6-10(13)15-5-16-19(6)8/h2-3,5,7,9,20-22H,4H2,1H3,(H2,13,15,16)/t7-,9-,11-,12+/m1/s1. The van der Waals surface area contributed by atoms with Gasteiger partial charge in [0, 0.05) is 4.91 Å². The van der Waals surface area contributed by atoms with Crippen molar-refractivity contribution < 1.29 is 20.1 Å². The minimum Gasteiger partial charge on any atom is -0.394 e. The molecule has 0 bridgehead atoms. The van der Waals surface area contributed by atoms with E-state index in [0.29, 0.717) is 5.52 Å². The highest BCUT2D eigenvalue weighted by Crippen LogP contribution is 2.48. The molecule has 2 aromatic heterocycles. The van der Waals surface area contributed by atoms with Gasteiger partial charge in [-0.25, -0.2) is 9.50 Å². The molecule has 0 spiro atoms. The van der Waals surface area contributed by atoms with Gasteiger partial charge in [-0.05, 0) is 29.7 Å². The second-order valence-corrected chi connectivity index (χ2v) is 5.43. The third-order valence-electron chi connectivity index (χ3n) is 4.13. The van der Waals surface area contributed by atoms with E-state index in [4.69, 9.17) is 16.0 Å². The number of aliphatic hydroxyl groups is 3. The highest BCUT2D eigenvalue weighted by Gasteiger charge is 2.64. The summed E-state index contributed by atoms with van der Waals surface area (Å²) in [5.41, 5.74) is 11.3. The average molecular weight is 321 g/mol. The predicted molar refractivity (Wildman–Crippen MR) is 76.8 cm³/mol. The summed E-state index contributed by atoms with van der Waals surface area (Å²) in [5.74, 6) is 0.180. The topological polar surface area (TPSA) is 175 Å². The van der Waals surface area contributed by atoms with E-state index in [0.717, 1.165) is 0 Å². The van der Waals surface area contributed by atoms with Gasteiger partial charge in [-0.3, -0.25) is 0 Å². The molecule has 0 amide bonds. The lowest BCUT2D eigenvalue weighted by molar-refractivity contribution is -0.141.